The third kappa shape index (κ3) is 2.43. The molecule has 1 aromatic carbocycles. The van der Waals surface area contributed by atoms with Gasteiger partial charge in [-0.25, -0.2) is 0 Å². The SMILES string of the molecule is Cn1ccc2c(C(=O)NCC3(O)CCSC3)cccc21. The van der Waals surface area contributed by atoms with Crippen LogP contribution in [-0.2, 0) is 7.05 Å². The predicted octanol–water partition coefficient (Wildman–Crippen LogP) is 1.78. The van der Waals surface area contributed by atoms with E-state index < -0.39 is 5.60 Å². The van der Waals surface area contributed by atoms with Crippen molar-refractivity contribution in [3.05, 3.63) is 36.0 Å². The Balaban J connectivity index is 1.79. The van der Waals surface area contributed by atoms with Crippen LogP contribution in [0.4, 0.5) is 0 Å². The first-order valence-corrected chi connectivity index (χ1v) is 7.87. The van der Waals surface area contributed by atoms with Gasteiger partial charge in [-0.3, -0.25) is 4.79 Å². The first-order chi connectivity index (χ1) is 9.59. The molecule has 106 valence electrons. The second-order valence-electron chi connectivity index (χ2n) is 5.37. The number of carbonyl (C=O) groups is 1. The summed E-state index contributed by atoms with van der Waals surface area (Å²) in [6.45, 7) is 0.321. The quantitative estimate of drug-likeness (QED) is 0.906. The molecular formula is C15H18N2O2S. The van der Waals surface area contributed by atoms with Crippen molar-refractivity contribution in [1.82, 2.24) is 9.88 Å². The van der Waals surface area contributed by atoms with E-state index in [-0.39, 0.29) is 5.91 Å². The number of aromatic nitrogens is 1. The molecule has 0 spiro atoms. The Morgan fingerprint density at radius 2 is 2.35 bits per heavy atom. The van der Waals surface area contributed by atoms with Crippen molar-refractivity contribution in [3.8, 4) is 0 Å². The van der Waals surface area contributed by atoms with Crippen molar-refractivity contribution >= 4 is 28.6 Å². The van der Waals surface area contributed by atoms with E-state index in [2.05, 4.69) is 5.32 Å². The van der Waals surface area contributed by atoms with Crippen LogP contribution in [0, 0.1) is 0 Å². The lowest BCUT2D eigenvalue weighted by atomic mass is 10.0. The number of aliphatic hydroxyl groups is 1. The number of thioether (sulfide) groups is 1. The molecule has 1 aromatic heterocycles. The minimum atomic E-state index is -0.745. The zero-order valence-corrected chi connectivity index (χ0v) is 12.2. The molecule has 2 heterocycles. The first-order valence-electron chi connectivity index (χ1n) is 6.71. The number of hydrogen-bond acceptors (Lipinski definition) is 3. The Kier molecular flexibility index (Phi) is 3.48. The summed E-state index contributed by atoms with van der Waals surface area (Å²) >= 11 is 1.73. The first kappa shape index (κ1) is 13.5. The van der Waals surface area contributed by atoms with Crippen LogP contribution in [0.2, 0.25) is 0 Å². The number of benzene rings is 1. The molecule has 20 heavy (non-hydrogen) atoms. The van der Waals surface area contributed by atoms with Crippen LogP contribution in [-0.4, -0.2) is 39.2 Å². The van der Waals surface area contributed by atoms with Gasteiger partial charge in [0.05, 0.1) is 5.60 Å². The highest BCUT2D eigenvalue weighted by Gasteiger charge is 2.32. The number of amides is 1. The van der Waals surface area contributed by atoms with Gasteiger partial charge in [0.25, 0.3) is 5.91 Å². The van der Waals surface area contributed by atoms with Crippen molar-refractivity contribution in [3.63, 3.8) is 0 Å². The summed E-state index contributed by atoms with van der Waals surface area (Å²) in [5, 5.41) is 14.1. The van der Waals surface area contributed by atoms with Crippen LogP contribution < -0.4 is 5.32 Å². The zero-order chi connectivity index (χ0) is 14.2. The van der Waals surface area contributed by atoms with Gasteiger partial charge in [0.1, 0.15) is 0 Å². The maximum absolute atomic E-state index is 12.3. The maximum Gasteiger partial charge on any atom is 0.252 e. The van der Waals surface area contributed by atoms with E-state index in [0.717, 1.165) is 23.1 Å². The number of rotatable bonds is 3. The van der Waals surface area contributed by atoms with Crippen LogP contribution >= 0.6 is 11.8 Å². The molecule has 3 rings (SSSR count). The molecule has 0 radical (unpaired) electrons. The smallest absolute Gasteiger partial charge is 0.252 e. The van der Waals surface area contributed by atoms with Crippen LogP contribution in [0.15, 0.2) is 30.5 Å². The van der Waals surface area contributed by atoms with E-state index in [1.807, 2.05) is 42.1 Å². The van der Waals surface area contributed by atoms with Crippen LogP contribution in [0.25, 0.3) is 10.9 Å². The molecular weight excluding hydrogens is 272 g/mol. The fourth-order valence-electron chi connectivity index (χ4n) is 2.58. The second kappa shape index (κ2) is 5.14. The van der Waals surface area contributed by atoms with E-state index in [4.69, 9.17) is 0 Å². The number of nitrogens with zero attached hydrogens (tertiary/aromatic N) is 1. The van der Waals surface area contributed by atoms with E-state index >= 15 is 0 Å². The van der Waals surface area contributed by atoms with Gasteiger partial charge >= 0.3 is 0 Å². The topological polar surface area (TPSA) is 54.3 Å². The number of carbonyl (C=O) groups excluding carboxylic acids is 1. The Morgan fingerprint density at radius 1 is 1.50 bits per heavy atom. The van der Waals surface area contributed by atoms with Crippen molar-refractivity contribution in [1.29, 1.82) is 0 Å². The van der Waals surface area contributed by atoms with Crippen LogP contribution in [0.1, 0.15) is 16.8 Å². The second-order valence-corrected chi connectivity index (χ2v) is 6.48. The molecule has 4 nitrogen and oxygen atoms in total. The lowest BCUT2D eigenvalue weighted by Gasteiger charge is -2.21. The molecule has 1 amide bonds. The molecule has 1 unspecified atom stereocenters. The summed E-state index contributed by atoms with van der Waals surface area (Å²) in [5.74, 6) is 1.54. The number of nitrogens with one attached hydrogen (secondary N) is 1. The van der Waals surface area contributed by atoms with Crippen molar-refractivity contribution in [2.45, 2.75) is 12.0 Å². The third-order valence-corrected chi connectivity index (χ3v) is 5.07. The molecule has 0 saturated carbocycles. The maximum atomic E-state index is 12.3. The Hall–Kier alpha value is -1.46. The van der Waals surface area contributed by atoms with Crippen LogP contribution in [0.3, 0.4) is 0 Å². The lowest BCUT2D eigenvalue weighted by Crippen LogP contribution is -2.42. The van der Waals surface area contributed by atoms with Crippen LogP contribution in [0.5, 0.6) is 0 Å². The average molecular weight is 290 g/mol. The molecule has 0 bridgehead atoms. The molecule has 1 saturated heterocycles. The normalized spacial score (nSPS) is 22.3. The molecule has 2 N–H and O–H groups in total. The van der Waals surface area contributed by atoms with Gasteiger partial charge in [0.15, 0.2) is 0 Å². The summed E-state index contributed by atoms with van der Waals surface area (Å²) in [4.78, 5) is 12.3. The van der Waals surface area contributed by atoms with E-state index in [1.165, 1.54) is 0 Å². The van der Waals surface area contributed by atoms with Gasteiger partial charge in [-0.15, -0.1) is 0 Å². The largest absolute Gasteiger partial charge is 0.387 e. The van der Waals surface area contributed by atoms with Gasteiger partial charge in [-0.05, 0) is 30.4 Å². The van der Waals surface area contributed by atoms with E-state index in [9.17, 15) is 9.90 Å². The minimum Gasteiger partial charge on any atom is -0.387 e. The molecule has 1 atom stereocenters. The molecule has 5 heteroatoms. The van der Waals surface area contributed by atoms with Crippen molar-refractivity contribution < 1.29 is 9.90 Å². The predicted molar refractivity (Wildman–Crippen MR) is 82.1 cm³/mol. The monoisotopic (exact) mass is 290 g/mol. The zero-order valence-electron chi connectivity index (χ0n) is 11.4. The lowest BCUT2D eigenvalue weighted by molar-refractivity contribution is 0.0613. The van der Waals surface area contributed by atoms with Crippen molar-refractivity contribution in [2.24, 2.45) is 7.05 Å². The highest BCUT2D eigenvalue weighted by Crippen LogP contribution is 2.27. The molecule has 1 fully saturated rings. The fraction of sp³-hybridized carbons (Fsp3) is 0.400. The van der Waals surface area contributed by atoms with Gasteiger partial charge in [0, 0.05) is 42.0 Å². The summed E-state index contributed by atoms with van der Waals surface area (Å²) in [7, 11) is 1.96. The number of hydrogen-bond donors (Lipinski definition) is 2. The van der Waals surface area contributed by atoms with E-state index in [0.29, 0.717) is 17.9 Å². The van der Waals surface area contributed by atoms with Crippen molar-refractivity contribution in [2.75, 3.05) is 18.1 Å². The highest BCUT2D eigenvalue weighted by atomic mass is 32.2. The number of aryl methyl sites for hydroxylation is 1. The summed E-state index contributed by atoms with van der Waals surface area (Å²) in [6, 6.07) is 7.65. The standard InChI is InChI=1S/C15H18N2O2S/c1-17-7-5-11-12(3-2-4-13(11)17)14(18)16-9-15(19)6-8-20-10-15/h2-5,7,19H,6,8-10H2,1H3,(H,16,18). The van der Waals surface area contributed by atoms with E-state index in [1.54, 1.807) is 11.8 Å². The average Bonchev–Trinajstić information content (AvgIpc) is 3.04. The third-order valence-electron chi connectivity index (χ3n) is 3.83. The Morgan fingerprint density at radius 3 is 3.10 bits per heavy atom. The van der Waals surface area contributed by atoms with Gasteiger partial charge in [-0.2, -0.15) is 11.8 Å². The molecule has 1 aliphatic heterocycles. The molecule has 1 aliphatic rings. The van der Waals surface area contributed by atoms with Gasteiger partial charge in [0.2, 0.25) is 0 Å². The number of fused-ring (bicyclic) bond motifs is 1. The Labute approximate surface area is 122 Å². The summed E-state index contributed by atoms with van der Waals surface area (Å²) in [5.41, 5.74) is 0.954. The Bertz CT molecular complexity index is 644. The molecule has 2 aromatic rings. The highest BCUT2D eigenvalue weighted by molar-refractivity contribution is 7.99. The summed E-state index contributed by atoms with van der Waals surface area (Å²) < 4.78 is 1.99. The fourth-order valence-corrected chi connectivity index (χ4v) is 3.87. The van der Waals surface area contributed by atoms with Gasteiger partial charge in [-0.1, -0.05) is 6.07 Å². The minimum absolute atomic E-state index is 0.118. The summed E-state index contributed by atoms with van der Waals surface area (Å²) in [6.07, 6.45) is 2.69. The van der Waals surface area contributed by atoms with Gasteiger partial charge < -0.3 is 15.0 Å². The molecule has 0 aliphatic carbocycles.